The molecule has 1 N–H and O–H groups in total. The third-order valence-electron chi connectivity index (χ3n) is 5.51. The molecule has 0 atom stereocenters. The van der Waals surface area contributed by atoms with E-state index in [4.69, 9.17) is 14.2 Å². The average Bonchev–Trinajstić information content (AvgIpc) is 2.88. The SMILES string of the molecule is CCOc1cc(/C=N\NC(=O)c2ccc(C)cc2OC)ccc1OCc1cccc2ccccc12. The van der Waals surface area contributed by atoms with Gasteiger partial charge in [-0.1, -0.05) is 48.5 Å². The first kappa shape index (κ1) is 23.8. The molecule has 0 aliphatic heterocycles. The smallest absolute Gasteiger partial charge is 0.275 e. The number of carbonyl (C=O) groups excluding carboxylic acids is 1. The van der Waals surface area contributed by atoms with Crippen molar-refractivity contribution in [3.63, 3.8) is 0 Å². The second-order valence-electron chi connectivity index (χ2n) is 7.97. The second kappa shape index (κ2) is 11.2. The standard InChI is InChI=1S/C29H28N2O4/c1-4-34-28-17-21(18-30-31-29(32)25-14-12-20(2)16-27(25)33-3)13-15-26(28)35-19-23-10-7-9-22-8-5-6-11-24(22)23/h5-18H,4,19H2,1-3H3,(H,31,32)/b30-18-. The Kier molecular flexibility index (Phi) is 7.63. The van der Waals surface area contributed by atoms with Gasteiger partial charge in [0.1, 0.15) is 12.4 Å². The van der Waals surface area contributed by atoms with E-state index in [2.05, 4.69) is 34.8 Å². The van der Waals surface area contributed by atoms with E-state index in [-0.39, 0.29) is 5.91 Å². The monoisotopic (exact) mass is 468 g/mol. The van der Waals surface area contributed by atoms with Crippen LogP contribution in [0.3, 0.4) is 0 Å². The minimum Gasteiger partial charge on any atom is -0.496 e. The van der Waals surface area contributed by atoms with Crippen LogP contribution in [0.5, 0.6) is 17.2 Å². The Hall–Kier alpha value is -4.32. The van der Waals surface area contributed by atoms with Gasteiger partial charge in [-0.25, -0.2) is 5.43 Å². The third-order valence-corrected chi connectivity index (χ3v) is 5.51. The molecule has 35 heavy (non-hydrogen) atoms. The lowest BCUT2D eigenvalue weighted by molar-refractivity contribution is 0.0952. The summed E-state index contributed by atoms with van der Waals surface area (Å²) in [6.45, 7) is 4.77. The Balaban J connectivity index is 1.46. The average molecular weight is 469 g/mol. The molecule has 4 aromatic rings. The summed E-state index contributed by atoms with van der Waals surface area (Å²) in [6.07, 6.45) is 1.57. The van der Waals surface area contributed by atoms with Crippen molar-refractivity contribution in [1.82, 2.24) is 5.43 Å². The van der Waals surface area contributed by atoms with E-state index in [1.807, 2.05) is 62.4 Å². The molecular formula is C29H28N2O4. The number of rotatable bonds is 9. The number of aryl methyl sites for hydroxylation is 1. The molecule has 0 radical (unpaired) electrons. The Labute approximate surface area is 205 Å². The highest BCUT2D eigenvalue weighted by Gasteiger charge is 2.12. The van der Waals surface area contributed by atoms with E-state index in [9.17, 15) is 4.79 Å². The van der Waals surface area contributed by atoms with Gasteiger partial charge < -0.3 is 14.2 Å². The molecule has 6 nitrogen and oxygen atoms in total. The Morgan fingerprint density at radius 3 is 2.57 bits per heavy atom. The molecule has 0 saturated carbocycles. The van der Waals surface area contributed by atoms with Crippen molar-refractivity contribution in [2.45, 2.75) is 20.5 Å². The Morgan fingerprint density at radius 2 is 1.74 bits per heavy atom. The zero-order valence-electron chi connectivity index (χ0n) is 20.1. The number of fused-ring (bicyclic) bond motifs is 1. The fraction of sp³-hybridized carbons (Fsp3) is 0.172. The van der Waals surface area contributed by atoms with Crippen LogP contribution in [0.25, 0.3) is 10.8 Å². The van der Waals surface area contributed by atoms with Crippen LogP contribution in [0.4, 0.5) is 0 Å². The fourth-order valence-electron chi connectivity index (χ4n) is 3.78. The first-order valence-electron chi connectivity index (χ1n) is 11.4. The number of amides is 1. The van der Waals surface area contributed by atoms with Crippen LogP contribution in [0.1, 0.15) is 34.0 Å². The number of carbonyl (C=O) groups is 1. The van der Waals surface area contributed by atoms with Crippen molar-refractivity contribution in [2.24, 2.45) is 5.10 Å². The van der Waals surface area contributed by atoms with E-state index in [0.717, 1.165) is 22.1 Å². The maximum absolute atomic E-state index is 12.5. The summed E-state index contributed by atoms with van der Waals surface area (Å²) in [5, 5.41) is 6.44. The van der Waals surface area contributed by atoms with Gasteiger partial charge >= 0.3 is 0 Å². The lowest BCUT2D eigenvalue weighted by Gasteiger charge is -2.14. The summed E-state index contributed by atoms with van der Waals surface area (Å²) in [5.41, 5.74) is 5.84. The molecule has 4 aromatic carbocycles. The van der Waals surface area contributed by atoms with Crippen molar-refractivity contribution < 1.29 is 19.0 Å². The molecule has 0 bridgehead atoms. The van der Waals surface area contributed by atoms with Crippen LogP contribution >= 0.6 is 0 Å². The van der Waals surface area contributed by atoms with Crippen LogP contribution in [0.2, 0.25) is 0 Å². The minimum atomic E-state index is -0.349. The predicted octanol–water partition coefficient (Wildman–Crippen LogP) is 5.90. The Bertz CT molecular complexity index is 1360. The maximum Gasteiger partial charge on any atom is 0.275 e. The summed E-state index contributed by atoms with van der Waals surface area (Å²) in [7, 11) is 1.54. The molecule has 0 aliphatic rings. The van der Waals surface area contributed by atoms with Gasteiger partial charge in [-0.05, 0) is 71.6 Å². The van der Waals surface area contributed by atoms with Gasteiger partial charge in [-0.3, -0.25) is 4.79 Å². The summed E-state index contributed by atoms with van der Waals surface area (Å²) < 4.78 is 17.2. The third kappa shape index (κ3) is 5.79. The van der Waals surface area contributed by atoms with Crippen LogP contribution in [0, 0.1) is 6.92 Å². The van der Waals surface area contributed by atoms with E-state index in [1.54, 1.807) is 12.3 Å². The number of hydrogen-bond donors (Lipinski definition) is 1. The maximum atomic E-state index is 12.5. The summed E-state index contributed by atoms with van der Waals surface area (Å²) in [5.74, 6) is 1.41. The molecule has 0 aliphatic carbocycles. The van der Waals surface area contributed by atoms with Crippen LogP contribution in [-0.4, -0.2) is 25.8 Å². The zero-order valence-corrected chi connectivity index (χ0v) is 20.1. The molecule has 4 rings (SSSR count). The van der Waals surface area contributed by atoms with Crippen molar-refractivity contribution in [3.8, 4) is 17.2 Å². The topological polar surface area (TPSA) is 69.2 Å². The Morgan fingerprint density at radius 1 is 0.914 bits per heavy atom. The van der Waals surface area contributed by atoms with Crippen molar-refractivity contribution in [2.75, 3.05) is 13.7 Å². The number of hydrazone groups is 1. The van der Waals surface area contributed by atoms with Crippen molar-refractivity contribution >= 4 is 22.9 Å². The summed E-state index contributed by atoms with van der Waals surface area (Å²) >= 11 is 0. The first-order valence-corrected chi connectivity index (χ1v) is 11.4. The molecule has 0 unspecified atom stereocenters. The molecule has 0 fully saturated rings. The number of hydrogen-bond acceptors (Lipinski definition) is 5. The molecule has 6 heteroatoms. The van der Waals surface area contributed by atoms with E-state index in [1.165, 1.54) is 12.5 Å². The van der Waals surface area contributed by atoms with Gasteiger partial charge in [0.2, 0.25) is 0 Å². The lowest BCUT2D eigenvalue weighted by atomic mass is 10.1. The lowest BCUT2D eigenvalue weighted by Crippen LogP contribution is -2.18. The minimum absolute atomic E-state index is 0.349. The van der Waals surface area contributed by atoms with Crippen LogP contribution in [-0.2, 0) is 6.61 Å². The van der Waals surface area contributed by atoms with E-state index >= 15 is 0 Å². The van der Waals surface area contributed by atoms with Gasteiger partial charge in [0.05, 0.1) is 25.5 Å². The van der Waals surface area contributed by atoms with Crippen molar-refractivity contribution in [1.29, 1.82) is 0 Å². The zero-order chi connectivity index (χ0) is 24.6. The number of nitrogens with one attached hydrogen (secondary N) is 1. The number of benzene rings is 4. The molecular weight excluding hydrogens is 440 g/mol. The van der Waals surface area contributed by atoms with Crippen LogP contribution < -0.4 is 19.6 Å². The number of nitrogens with zero attached hydrogens (tertiary/aromatic N) is 1. The highest BCUT2D eigenvalue weighted by atomic mass is 16.5. The molecule has 0 heterocycles. The van der Waals surface area contributed by atoms with E-state index in [0.29, 0.717) is 36.0 Å². The highest BCUT2D eigenvalue weighted by molar-refractivity contribution is 5.97. The molecule has 0 saturated heterocycles. The largest absolute Gasteiger partial charge is 0.496 e. The number of methoxy groups -OCH3 is 1. The van der Waals surface area contributed by atoms with Crippen LogP contribution in [0.15, 0.2) is 84.0 Å². The van der Waals surface area contributed by atoms with Gasteiger partial charge in [0, 0.05) is 0 Å². The van der Waals surface area contributed by atoms with Gasteiger partial charge in [0.15, 0.2) is 11.5 Å². The first-order chi connectivity index (χ1) is 17.1. The fourth-order valence-corrected chi connectivity index (χ4v) is 3.78. The van der Waals surface area contributed by atoms with Gasteiger partial charge in [-0.15, -0.1) is 0 Å². The predicted molar refractivity (Wildman–Crippen MR) is 139 cm³/mol. The summed E-state index contributed by atoms with van der Waals surface area (Å²) in [6, 6.07) is 25.4. The summed E-state index contributed by atoms with van der Waals surface area (Å²) in [4.78, 5) is 12.5. The molecule has 1 amide bonds. The molecule has 0 spiro atoms. The quantitative estimate of drug-likeness (QED) is 0.245. The van der Waals surface area contributed by atoms with E-state index < -0.39 is 0 Å². The number of ether oxygens (including phenoxy) is 3. The van der Waals surface area contributed by atoms with Gasteiger partial charge in [-0.2, -0.15) is 5.10 Å². The molecule has 0 aromatic heterocycles. The highest BCUT2D eigenvalue weighted by Crippen LogP contribution is 2.30. The molecule has 178 valence electrons. The van der Waals surface area contributed by atoms with Gasteiger partial charge in [0.25, 0.3) is 5.91 Å². The second-order valence-corrected chi connectivity index (χ2v) is 7.97. The van der Waals surface area contributed by atoms with Crippen molar-refractivity contribution in [3.05, 3.63) is 101 Å². The normalized spacial score (nSPS) is 10.9.